The van der Waals surface area contributed by atoms with Crippen LogP contribution in [-0.4, -0.2) is 13.1 Å². The monoisotopic (exact) mass is 278 g/mol. The molecule has 0 radical (unpaired) electrons. The van der Waals surface area contributed by atoms with E-state index in [1.54, 1.807) is 12.3 Å². The third kappa shape index (κ3) is 2.58. The van der Waals surface area contributed by atoms with Gasteiger partial charge >= 0.3 is 5.97 Å². The van der Waals surface area contributed by atoms with Gasteiger partial charge in [-0.3, -0.25) is 0 Å². The van der Waals surface area contributed by atoms with Gasteiger partial charge in [0.05, 0.1) is 18.9 Å². The molecule has 3 aromatic rings. The minimum atomic E-state index is -0.340. The van der Waals surface area contributed by atoms with Crippen LogP contribution in [0.4, 0.5) is 0 Å². The van der Waals surface area contributed by atoms with Crippen LogP contribution in [0.3, 0.4) is 0 Å². The van der Waals surface area contributed by atoms with Gasteiger partial charge in [0.1, 0.15) is 5.76 Å². The van der Waals surface area contributed by atoms with Crippen molar-refractivity contribution in [2.24, 2.45) is 0 Å². The zero-order valence-corrected chi connectivity index (χ0v) is 11.6. The molecule has 0 bridgehead atoms. The first kappa shape index (κ1) is 13.2. The van der Waals surface area contributed by atoms with Crippen LogP contribution in [-0.2, 0) is 4.74 Å². The average Bonchev–Trinajstić information content (AvgIpc) is 3.08. The van der Waals surface area contributed by atoms with Gasteiger partial charge < -0.3 is 9.15 Å². The molecular weight excluding hydrogens is 264 g/mol. The van der Waals surface area contributed by atoms with Crippen LogP contribution in [0.2, 0.25) is 0 Å². The highest BCUT2D eigenvalue weighted by Crippen LogP contribution is 2.32. The largest absolute Gasteiger partial charge is 0.465 e. The molecule has 1 aromatic heterocycles. The maximum absolute atomic E-state index is 11.7. The van der Waals surface area contributed by atoms with Crippen molar-refractivity contribution in [1.82, 2.24) is 0 Å². The van der Waals surface area contributed by atoms with E-state index in [0.717, 1.165) is 22.5 Å². The van der Waals surface area contributed by atoms with Gasteiger partial charge in [-0.2, -0.15) is 0 Å². The molecule has 0 aliphatic heterocycles. The molecule has 3 rings (SSSR count). The highest BCUT2D eigenvalue weighted by atomic mass is 16.5. The third-order valence-electron chi connectivity index (χ3n) is 3.31. The fourth-order valence-electron chi connectivity index (χ4n) is 2.31. The summed E-state index contributed by atoms with van der Waals surface area (Å²) in [6.07, 6.45) is 1.65. The summed E-state index contributed by atoms with van der Waals surface area (Å²) in [5.74, 6) is 0.460. The summed E-state index contributed by atoms with van der Waals surface area (Å²) in [4.78, 5) is 11.7. The quantitative estimate of drug-likeness (QED) is 0.666. The van der Waals surface area contributed by atoms with E-state index >= 15 is 0 Å². The number of hydrogen-bond donors (Lipinski definition) is 0. The first-order chi connectivity index (χ1) is 10.3. The molecule has 1 heterocycles. The van der Waals surface area contributed by atoms with Gasteiger partial charge in [-0.15, -0.1) is 0 Å². The number of carbonyl (C=O) groups is 1. The molecule has 0 N–H and O–H groups in total. The minimum absolute atomic E-state index is 0.340. The normalized spacial score (nSPS) is 10.3. The van der Waals surface area contributed by atoms with Crippen molar-refractivity contribution >= 4 is 5.97 Å². The van der Waals surface area contributed by atoms with Crippen molar-refractivity contribution in [3.05, 3.63) is 72.5 Å². The van der Waals surface area contributed by atoms with Gasteiger partial charge in [-0.05, 0) is 35.4 Å². The summed E-state index contributed by atoms with van der Waals surface area (Å²) < 4.78 is 10.3. The molecule has 2 aromatic carbocycles. The number of rotatable bonds is 3. The Morgan fingerprint density at radius 2 is 1.76 bits per heavy atom. The summed E-state index contributed by atoms with van der Waals surface area (Å²) in [5, 5.41) is 0. The third-order valence-corrected chi connectivity index (χ3v) is 3.31. The lowest BCUT2D eigenvalue weighted by atomic mass is 9.97. The van der Waals surface area contributed by atoms with Gasteiger partial charge in [0, 0.05) is 5.56 Å². The highest BCUT2D eigenvalue weighted by Gasteiger charge is 2.11. The van der Waals surface area contributed by atoms with E-state index in [1.165, 1.54) is 7.11 Å². The fraction of sp³-hybridized carbons (Fsp3) is 0.0556. The van der Waals surface area contributed by atoms with Gasteiger partial charge in [-0.1, -0.05) is 36.4 Å². The van der Waals surface area contributed by atoms with Crippen molar-refractivity contribution in [3.8, 4) is 22.5 Å². The number of methoxy groups -OCH3 is 1. The van der Waals surface area contributed by atoms with Crippen molar-refractivity contribution in [2.75, 3.05) is 7.11 Å². The summed E-state index contributed by atoms with van der Waals surface area (Å²) in [6.45, 7) is 0. The molecule has 0 saturated heterocycles. The minimum Gasteiger partial charge on any atom is -0.465 e. The summed E-state index contributed by atoms with van der Waals surface area (Å²) >= 11 is 0. The summed E-state index contributed by atoms with van der Waals surface area (Å²) in [7, 11) is 1.38. The lowest BCUT2D eigenvalue weighted by molar-refractivity contribution is 0.0601. The molecule has 104 valence electrons. The number of furan rings is 1. The number of benzene rings is 2. The Kier molecular flexibility index (Phi) is 3.56. The second-order valence-electron chi connectivity index (χ2n) is 4.60. The number of esters is 1. The van der Waals surface area contributed by atoms with Crippen molar-refractivity contribution in [3.63, 3.8) is 0 Å². The van der Waals surface area contributed by atoms with Crippen molar-refractivity contribution in [1.29, 1.82) is 0 Å². The summed E-state index contributed by atoms with van der Waals surface area (Å²) in [6, 6.07) is 19.1. The van der Waals surface area contributed by atoms with Gasteiger partial charge in [0.2, 0.25) is 0 Å². The standard InChI is InChI=1S/C18H14O3/c1-20-18(19)14-7-4-6-13(12-14)15-8-2-3-9-16(15)17-10-5-11-21-17/h2-12H,1H3. The molecule has 0 saturated carbocycles. The van der Waals surface area contributed by atoms with E-state index in [9.17, 15) is 4.79 Å². The van der Waals surface area contributed by atoms with Crippen LogP contribution >= 0.6 is 0 Å². The second-order valence-corrected chi connectivity index (χ2v) is 4.60. The fourth-order valence-corrected chi connectivity index (χ4v) is 2.31. The van der Waals surface area contributed by atoms with Crippen LogP contribution in [0.15, 0.2) is 71.3 Å². The van der Waals surface area contributed by atoms with Crippen molar-refractivity contribution < 1.29 is 13.9 Å². The molecule has 21 heavy (non-hydrogen) atoms. The zero-order valence-electron chi connectivity index (χ0n) is 11.6. The van der Waals surface area contributed by atoms with E-state index in [0.29, 0.717) is 5.56 Å². The van der Waals surface area contributed by atoms with E-state index in [2.05, 4.69) is 0 Å². The smallest absolute Gasteiger partial charge is 0.337 e. The first-order valence-electron chi connectivity index (χ1n) is 6.61. The molecule has 3 nitrogen and oxygen atoms in total. The second kappa shape index (κ2) is 5.67. The van der Waals surface area contributed by atoms with Crippen molar-refractivity contribution in [2.45, 2.75) is 0 Å². The van der Waals surface area contributed by atoms with E-state index < -0.39 is 0 Å². The number of ether oxygens (including phenoxy) is 1. The van der Waals surface area contributed by atoms with Crippen LogP contribution in [0, 0.1) is 0 Å². The Bertz CT molecular complexity index is 758. The Morgan fingerprint density at radius 3 is 2.48 bits per heavy atom. The lowest BCUT2D eigenvalue weighted by Crippen LogP contribution is -2.00. The molecule has 0 spiro atoms. The SMILES string of the molecule is COC(=O)c1cccc(-c2ccccc2-c2ccco2)c1. The van der Waals surface area contributed by atoms with Crippen LogP contribution in [0.1, 0.15) is 10.4 Å². The van der Waals surface area contributed by atoms with E-state index in [4.69, 9.17) is 9.15 Å². The molecule has 0 aliphatic carbocycles. The molecule has 0 aliphatic rings. The van der Waals surface area contributed by atoms with Gasteiger partial charge in [-0.25, -0.2) is 4.79 Å². The predicted octanol–water partition coefficient (Wildman–Crippen LogP) is 4.40. The summed E-state index contributed by atoms with van der Waals surface area (Å²) in [5.41, 5.74) is 3.48. The lowest BCUT2D eigenvalue weighted by Gasteiger charge is -2.09. The maximum atomic E-state index is 11.7. The molecule has 3 heteroatoms. The molecule has 0 atom stereocenters. The van der Waals surface area contributed by atoms with Crippen LogP contribution in [0.5, 0.6) is 0 Å². The molecular formula is C18H14O3. The molecule has 0 fully saturated rings. The van der Waals surface area contributed by atoms with Crippen LogP contribution < -0.4 is 0 Å². The zero-order chi connectivity index (χ0) is 14.7. The topological polar surface area (TPSA) is 39.4 Å². The Hall–Kier alpha value is -2.81. The Labute approximate surface area is 122 Å². The predicted molar refractivity (Wildman–Crippen MR) is 80.9 cm³/mol. The van der Waals surface area contributed by atoms with Crippen LogP contribution in [0.25, 0.3) is 22.5 Å². The average molecular weight is 278 g/mol. The van der Waals surface area contributed by atoms with E-state index in [1.807, 2.05) is 54.6 Å². The maximum Gasteiger partial charge on any atom is 0.337 e. The Morgan fingerprint density at radius 1 is 0.952 bits per heavy atom. The Balaban J connectivity index is 2.11. The van der Waals surface area contributed by atoms with Gasteiger partial charge in [0.15, 0.2) is 0 Å². The molecule has 0 amide bonds. The molecule has 0 unspecified atom stereocenters. The van der Waals surface area contributed by atoms with Gasteiger partial charge in [0.25, 0.3) is 0 Å². The van der Waals surface area contributed by atoms with E-state index in [-0.39, 0.29) is 5.97 Å². The number of hydrogen-bond acceptors (Lipinski definition) is 3. The first-order valence-corrected chi connectivity index (χ1v) is 6.61. The highest BCUT2D eigenvalue weighted by molar-refractivity contribution is 5.92. The number of carbonyl (C=O) groups excluding carboxylic acids is 1.